The summed E-state index contributed by atoms with van der Waals surface area (Å²) in [6.07, 6.45) is -4.16. The van der Waals surface area contributed by atoms with Gasteiger partial charge in [-0.05, 0) is 12.1 Å². The highest BCUT2D eigenvalue weighted by Gasteiger charge is 2.35. The number of hydrogen-bond donors (Lipinski definition) is 2. The lowest BCUT2D eigenvalue weighted by Gasteiger charge is -2.00. The molecule has 1 aromatic carbocycles. The van der Waals surface area contributed by atoms with E-state index in [0.717, 1.165) is 15.2 Å². The highest BCUT2D eigenvalue weighted by Crippen LogP contribution is 2.26. The SMILES string of the molecule is O=C(CCc1nc2ccccc2s1)Nc1n[nH]c(C(F)(F)F)n1. The second kappa shape index (κ2) is 5.95. The Labute approximate surface area is 131 Å². The van der Waals surface area contributed by atoms with Crippen LogP contribution in [0.1, 0.15) is 17.3 Å². The number of aryl methyl sites for hydroxylation is 1. The van der Waals surface area contributed by atoms with E-state index in [4.69, 9.17) is 0 Å². The van der Waals surface area contributed by atoms with Gasteiger partial charge in [-0.2, -0.15) is 18.2 Å². The molecule has 2 aromatic heterocycles. The molecule has 23 heavy (non-hydrogen) atoms. The number of carbonyl (C=O) groups excluding carboxylic acids is 1. The van der Waals surface area contributed by atoms with Gasteiger partial charge in [-0.1, -0.05) is 12.1 Å². The molecule has 0 aliphatic heterocycles. The molecule has 0 saturated heterocycles. The molecule has 6 nitrogen and oxygen atoms in total. The van der Waals surface area contributed by atoms with Crippen molar-refractivity contribution in [2.45, 2.75) is 19.0 Å². The molecule has 2 N–H and O–H groups in total. The molecule has 0 radical (unpaired) electrons. The van der Waals surface area contributed by atoms with Gasteiger partial charge in [0.1, 0.15) is 0 Å². The van der Waals surface area contributed by atoms with Gasteiger partial charge in [-0.25, -0.2) is 4.98 Å². The minimum Gasteiger partial charge on any atom is -0.293 e. The Balaban J connectivity index is 1.58. The first-order chi connectivity index (χ1) is 10.9. The summed E-state index contributed by atoms with van der Waals surface area (Å²) in [5, 5.41) is 8.05. The normalized spacial score (nSPS) is 11.8. The molecule has 0 atom stereocenters. The van der Waals surface area contributed by atoms with E-state index in [9.17, 15) is 18.0 Å². The minimum absolute atomic E-state index is 0.0791. The maximum Gasteiger partial charge on any atom is 0.451 e. The summed E-state index contributed by atoms with van der Waals surface area (Å²) in [7, 11) is 0. The number of thiazole rings is 1. The van der Waals surface area contributed by atoms with Gasteiger partial charge >= 0.3 is 6.18 Å². The van der Waals surface area contributed by atoms with E-state index in [1.54, 1.807) is 5.10 Å². The highest BCUT2D eigenvalue weighted by molar-refractivity contribution is 7.18. The molecule has 0 aliphatic rings. The molecule has 0 saturated carbocycles. The van der Waals surface area contributed by atoms with E-state index in [-0.39, 0.29) is 6.42 Å². The van der Waals surface area contributed by atoms with Crippen LogP contribution in [0.15, 0.2) is 24.3 Å². The first-order valence-corrected chi connectivity index (χ1v) is 7.37. The lowest BCUT2D eigenvalue weighted by atomic mass is 10.3. The van der Waals surface area contributed by atoms with Crippen LogP contribution in [0.25, 0.3) is 10.2 Å². The number of rotatable bonds is 4. The number of anilines is 1. The summed E-state index contributed by atoms with van der Waals surface area (Å²) >= 11 is 1.48. The van der Waals surface area contributed by atoms with Crippen molar-refractivity contribution in [1.82, 2.24) is 20.2 Å². The topological polar surface area (TPSA) is 83.6 Å². The van der Waals surface area contributed by atoms with Gasteiger partial charge in [0.2, 0.25) is 17.7 Å². The molecule has 0 bridgehead atoms. The zero-order chi connectivity index (χ0) is 16.4. The predicted molar refractivity (Wildman–Crippen MR) is 78.0 cm³/mol. The number of halogens is 3. The Morgan fingerprint density at radius 2 is 2.04 bits per heavy atom. The van der Waals surface area contributed by atoms with Crippen molar-refractivity contribution < 1.29 is 18.0 Å². The van der Waals surface area contributed by atoms with Gasteiger partial charge in [-0.15, -0.1) is 16.4 Å². The zero-order valence-corrected chi connectivity index (χ0v) is 12.3. The number of H-pyrrole nitrogens is 1. The molecule has 0 spiro atoms. The van der Waals surface area contributed by atoms with Crippen LogP contribution in [0.3, 0.4) is 0 Å². The number of alkyl halides is 3. The number of amides is 1. The van der Waals surface area contributed by atoms with Gasteiger partial charge in [-0.3, -0.25) is 15.2 Å². The number of carbonyl (C=O) groups is 1. The number of hydrogen-bond acceptors (Lipinski definition) is 5. The largest absolute Gasteiger partial charge is 0.451 e. The molecule has 3 aromatic rings. The minimum atomic E-state index is -4.63. The van der Waals surface area contributed by atoms with E-state index in [1.165, 1.54) is 11.3 Å². The monoisotopic (exact) mass is 341 g/mol. The smallest absolute Gasteiger partial charge is 0.293 e. The van der Waals surface area contributed by atoms with E-state index in [2.05, 4.69) is 20.4 Å². The molecular weight excluding hydrogens is 331 g/mol. The summed E-state index contributed by atoms with van der Waals surface area (Å²) in [5.41, 5.74) is 0.858. The summed E-state index contributed by atoms with van der Waals surface area (Å²) < 4.78 is 38.1. The molecule has 0 unspecified atom stereocenters. The van der Waals surface area contributed by atoms with E-state index >= 15 is 0 Å². The van der Waals surface area contributed by atoms with Crippen molar-refractivity contribution in [2.24, 2.45) is 0 Å². The van der Waals surface area contributed by atoms with Crippen molar-refractivity contribution in [1.29, 1.82) is 0 Å². The average molecular weight is 341 g/mol. The second-order valence-corrected chi connectivity index (χ2v) is 5.74. The third-order valence-electron chi connectivity index (χ3n) is 2.91. The quantitative estimate of drug-likeness (QED) is 0.764. The van der Waals surface area contributed by atoms with Gasteiger partial charge in [0.25, 0.3) is 0 Å². The first-order valence-electron chi connectivity index (χ1n) is 6.56. The van der Waals surface area contributed by atoms with Gasteiger partial charge in [0.05, 0.1) is 15.2 Å². The number of benzene rings is 1. The Morgan fingerprint density at radius 1 is 1.26 bits per heavy atom. The lowest BCUT2D eigenvalue weighted by molar-refractivity contribution is -0.144. The third kappa shape index (κ3) is 3.65. The molecular formula is C13H10F3N5OS. The van der Waals surface area contributed by atoms with Crippen molar-refractivity contribution in [3.05, 3.63) is 35.1 Å². The Hall–Kier alpha value is -2.49. The maximum atomic E-state index is 12.4. The van der Waals surface area contributed by atoms with Gasteiger partial charge < -0.3 is 0 Å². The summed E-state index contributed by atoms with van der Waals surface area (Å²) in [6, 6.07) is 7.59. The van der Waals surface area contributed by atoms with E-state index in [0.29, 0.717) is 6.42 Å². The number of nitrogens with zero attached hydrogens (tertiary/aromatic N) is 3. The molecule has 120 valence electrons. The zero-order valence-electron chi connectivity index (χ0n) is 11.5. The summed E-state index contributed by atoms with van der Waals surface area (Å²) in [5.74, 6) is -2.12. The van der Waals surface area contributed by atoms with Crippen molar-refractivity contribution >= 4 is 33.4 Å². The highest BCUT2D eigenvalue weighted by atomic mass is 32.1. The molecule has 3 rings (SSSR count). The maximum absolute atomic E-state index is 12.4. The van der Waals surface area contributed by atoms with Crippen LogP contribution in [0.5, 0.6) is 0 Å². The molecule has 0 fully saturated rings. The Morgan fingerprint density at radius 3 is 2.74 bits per heavy atom. The molecule has 10 heteroatoms. The second-order valence-electron chi connectivity index (χ2n) is 4.63. The number of aromatic amines is 1. The standard InChI is InChI=1S/C13H10F3N5OS/c14-13(15,16)11-19-12(21-20-11)18-9(22)5-6-10-17-7-3-1-2-4-8(7)23-10/h1-4H,5-6H2,(H2,18,19,20,21,22). The van der Waals surface area contributed by atoms with Crippen LogP contribution in [-0.4, -0.2) is 26.1 Å². The Bertz CT molecular complexity index is 808. The fourth-order valence-corrected chi connectivity index (χ4v) is 2.85. The van der Waals surface area contributed by atoms with Crippen LogP contribution in [-0.2, 0) is 17.4 Å². The van der Waals surface area contributed by atoms with Crippen LogP contribution in [0, 0.1) is 0 Å². The van der Waals surface area contributed by atoms with Crippen LogP contribution >= 0.6 is 11.3 Å². The number of nitrogens with one attached hydrogen (secondary N) is 2. The first kappa shape index (κ1) is 15.4. The van der Waals surface area contributed by atoms with Crippen molar-refractivity contribution in [3.63, 3.8) is 0 Å². The lowest BCUT2D eigenvalue weighted by Crippen LogP contribution is -2.14. The average Bonchev–Trinajstić information content (AvgIpc) is 3.10. The number of para-hydroxylation sites is 1. The van der Waals surface area contributed by atoms with Crippen molar-refractivity contribution in [3.8, 4) is 0 Å². The van der Waals surface area contributed by atoms with Crippen LogP contribution in [0.2, 0.25) is 0 Å². The number of fused-ring (bicyclic) bond motifs is 1. The molecule has 2 heterocycles. The third-order valence-corrected chi connectivity index (χ3v) is 4.01. The van der Waals surface area contributed by atoms with Crippen LogP contribution < -0.4 is 5.32 Å². The summed E-state index contributed by atoms with van der Waals surface area (Å²) in [4.78, 5) is 19.3. The van der Waals surface area contributed by atoms with Gasteiger partial charge in [0.15, 0.2) is 0 Å². The fourth-order valence-electron chi connectivity index (χ4n) is 1.88. The fraction of sp³-hybridized carbons (Fsp3) is 0.231. The van der Waals surface area contributed by atoms with E-state index < -0.39 is 23.9 Å². The molecule has 0 aliphatic carbocycles. The number of aromatic nitrogens is 4. The van der Waals surface area contributed by atoms with Crippen molar-refractivity contribution in [2.75, 3.05) is 5.32 Å². The van der Waals surface area contributed by atoms with E-state index in [1.807, 2.05) is 24.3 Å². The summed E-state index contributed by atoms with van der Waals surface area (Å²) in [6.45, 7) is 0. The van der Waals surface area contributed by atoms with Gasteiger partial charge in [0, 0.05) is 12.8 Å². The van der Waals surface area contributed by atoms with Crippen LogP contribution in [0.4, 0.5) is 19.1 Å². The predicted octanol–water partition coefficient (Wildman–Crippen LogP) is 3.00. The Kier molecular flexibility index (Phi) is 3.99. The molecule has 1 amide bonds.